The number of aromatic nitrogens is 1. The molecule has 0 aliphatic heterocycles. The van der Waals surface area contributed by atoms with Gasteiger partial charge >= 0.3 is 0 Å². The fraction of sp³-hybridized carbons (Fsp3) is 0.312. The summed E-state index contributed by atoms with van der Waals surface area (Å²) in [6.07, 6.45) is 3.33. The van der Waals surface area contributed by atoms with Crippen molar-refractivity contribution in [3.05, 3.63) is 48.3 Å². The number of aryl methyl sites for hydroxylation is 1. The minimum absolute atomic E-state index is 0.533. The first-order chi connectivity index (χ1) is 9.79. The Hall–Kier alpha value is -2.41. The predicted molar refractivity (Wildman–Crippen MR) is 79.5 cm³/mol. The SMILES string of the molecule is Cn1cccc1CNc1cccc(OCCCC#N)c1. The van der Waals surface area contributed by atoms with Crippen LogP contribution in [0.4, 0.5) is 5.69 Å². The van der Waals surface area contributed by atoms with E-state index >= 15 is 0 Å². The molecule has 0 aliphatic carbocycles. The second kappa shape index (κ2) is 7.25. The lowest BCUT2D eigenvalue weighted by Crippen LogP contribution is -2.04. The highest BCUT2D eigenvalue weighted by atomic mass is 16.5. The van der Waals surface area contributed by atoms with E-state index in [0.717, 1.165) is 24.4 Å². The van der Waals surface area contributed by atoms with Crippen molar-refractivity contribution < 1.29 is 4.74 Å². The predicted octanol–water partition coefficient (Wildman–Crippen LogP) is 3.32. The molecule has 1 N–H and O–H groups in total. The monoisotopic (exact) mass is 269 g/mol. The molecule has 1 aromatic carbocycles. The molecule has 104 valence electrons. The van der Waals surface area contributed by atoms with Crippen LogP contribution >= 0.6 is 0 Å². The summed E-state index contributed by atoms with van der Waals surface area (Å²) in [4.78, 5) is 0. The van der Waals surface area contributed by atoms with Gasteiger partial charge in [-0.05, 0) is 30.7 Å². The van der Waals surface area contributed by atoms with Gasteiger partial charge in [0.15, 0.2) is 0 Å². The average Bonchev–Trinajstić information content (AvgIpc) is 2.87. The Kier molecular flexibility index (Phi) is 5.08. The molecule has 20 heavy (non-hydrogen) atoms. The second-order valence-corrected chi connectivity index (χ2v) is 4.60. The van der Waals surface area contributed by atoms with Crippen molar-refractivity contribution in [2.45, 2.75) is 19.4 Å². The van der Waals surface area contributed by atoms with Gasteiger partial charge in [-0.3, -0.25) is 0 Å². The van der Waals surface area contributed by atoms with E-state index in [2.05, 4.69) is 22.0 Å². The van der Waals surface area contributed by atoms with E-state index in [9.17, 15) is 0 Å². The van der Waals surface area contributed by atoms with Crippen LogP contribution in [0.2, 0.25) is 0 Å². The lowest BCUT2D eigenvalue weighted by molar-refractivity contribution is 0.313. The van der Waals surface area contributed by atoms with Gasteiger partial charge in [-0.25, -0.2) is 0 Å². The number of nitriles is 1. The molecule has 1 aromatic heterocycles. The topological polar surface area (TPSA) is 50.0 Å². The Bertz CT molecular complexity index is 583. The minimum atomic E-state index is 0.533. The van der Waals surface area contributed by atoms with Gasteiger partial charge in [0, 0.05) is 37.1 Å². The molecular weight excluding hydrogens is 250 g/mol. The van der Waals surface area contributed by atoms with Gasteiger partial charge in [0.05, 0.1) is 19.2 Å². The maximum absolute atomic E-state index is 8.47. The summed E-state index contributed by atoms with van der Waals surface area (Å²) in [5.74, 6) is 0.833. The summed E-state index contributed by atoms with van der Waals surface area (Å²) < 4.78 is 7.71. The smallest absolute Gasteiger partial charge is 0.121 e. The Morgan fingerprint density at radius 2 is 2.20 bits per heavy atom. The normalized spacial score (nSPS) is 10.0. The van der Waals surface area contributed by atoms with Crippen LogP contribution in [0, 0.1) is 11.3 Å². The number of rotatable bonds is 7. The van der Waals surface area contributed by atoms with Crippen molar-refractivity contribution in [1.82, 2.24) is 4.57 Å². The minimum Gasteiger partial charge on any atom is -0.493 e. The van der Waals surface area contributed by atoms with E-state index in [4.69, 9.17) is 10.00 Å². The molecule has 0 radical (unpaired) electrons. The first-order valence-electron chi connectivity index (χ1n) is 6.73. The average molecular weight is 269 g/mol. The van der Waals surface area contributed by atoms with Crippen molar-refractivity contribution in [2.24, 2.45) is 7.05 Å². The second-order valence-electron chi connectivity index (χ2n) is 4.60. The number of nitrogens with one attached hydrogen (secondary N) is 1. The Labute approximate surface area is 119 Å². The van der Waals surface area contributed by atoms with Gasteiger partial charge in [0.1, 0.15) is 5.75 Å². The highest BCUT2D eigenvalue weighted by Gasteiger charge is 1.99. The third kappa shape index (κ3) is 4.06. The van der Waals surface area contributed by atoms with Crippen LogP contribution in [-0.2, 0) is 13.6 Å². The van der Waals surface area contributed by atoms with E-state index in [1.54, 1.807) is 0 Å². The van der Waals surface area contributed by atoms with Crippen LogP contribution in [0.1, 0.15) is 18.5 Å². The van der Waals surface area contributed by atoms with E-state index in [1.807, 2.05) is 43.6 Å². The number of nitrogens with zero attached hydrogens (tertiary/aromatic N) is 2. The number of unbranched alkanes of at least 4 members (excludes halogenated alkanes) is 1. The fourth-order valence-corrected chi connectivity index (χ4v) is 1.91. The summed E-state index contributed by atoms with van der Waals surface area (Å²) in [6.45, 7) is 1.36. The number of hydrogen-bond acceptors (Lipinski definition) is 3. The fourth-order valence-electron chi connectivity index (χ4n) is 1.91. The highest BCUT2D eigenvalue weighted by Crippen LogP contribution is 2.18. The van der Waals surface area contributed by atoms with Crippen LogP contribution in [0.5, 0.6) is 5.75 Å². The lowest BCUT2D eigenvalue weighted by atomic mass is 10.3. The number of hydrogen-bond donors (Lipinski definition) is 1. The molecule has 0 atom stereocenters. The summed E-state index contributed by atoms with van der Waals surface area (Å²) >= 11 is 0. The molecule has 0 unspecified atom stereocenters. The molecule has 2 rings (SSSR count). The Morgan fingerprint density at radius 3 is 2.95 bits per heavy atom. The summed E-state index contributed by atoms with van der Waals surface area (Å²) in [5, 5.41) is 11.8. The van der Waals surface area contributed by atoms with Gasteiger partial charge in [0.2, 0.25) is 0 Å². The maximum Gasteiger partial charge on any atom is 0.121 e. The van der Waals surface area contributed by atoms with E-state index in [-0.39, 0.29) is 0 Å². The zero-order valence-corrected chi connectivity index (χ0v) is 11.7. The molecule has 4 heteroatoms. The van der Waals surface area contributed by atoms with Gasteiger partial charge in [-0.2, -0.15) is 5.26 Å². The van der Waals surface area contributed by atoms with Crippen LogP contribution in [0.15, 0.2) is 42.6 Å². The first kappa shape index (κ1) is 14.0. The summed E-state index contributed by atoms with van der Waals surface area (Å²) in [5.41, 5.74) is 2.26. The molecule has 2 aromatic rings. The third-order valence-electron chi connectivity index (χ3n) is 3.06. The number of ether oxygens (including phenoxy) is 1. The zero-order chi connectivity index (χ0) is 14.2. The Balaban J connectivity index is 1.86. The summed E-state index contributed by atoms with van der Waals surface area (Å²) in [6, 6.07) is 14.1. The van der Waals surface area contributed by atoms with Crippen molar-refractivity contribution in [3.63, 3.8) is 0 Å². The van der Waals surface area contributed by atoms with Crippen molar-refractivity contribution >= 4 is 5.69 Å². The Morgan fingerprint density at radius 1 is 1.30 bits per heavy atom. The van der Waals surface area contributed by atoms with Gasteiger partial charge in [0.25, 0.3) is 0 Å². The molecule has 0 amide bonds. The lowest BCUT2D eigenvalue weighted by Gasteiger charge is -2.10. The first-order valence-corrected chi connectivity index (χ1v) is 6.73. The molecule has 0 saturated carbocycles. The van der Waals surface area contributed by atoms with Crippen LogP contribution in [-0.4, -0.2) is 11.2 Å². The number of benzene rings is 1. The molecule has 1 heterocycles. The molecule has 0 aliphatic rings. The molecule has 4 nitrogen and oxygen atoms in total. The highest BCUT2D eigenvalue weighted by molar-refractivity contribution is 5.48. The van der Waals surface area contributed by atoms with Crippen molar-refractivity contribution in [2.75, 3.05) is 11.9 Å². The van der Waals surface area contributed by atoms with Gasteiger partial charge in [-0.15, -0.1) is 0 Å². The largest absolute Gasteiger partial charge is 0.493 e. The van der Waals surface area contributed by atoms with Crippen molar-refractivity contribution in [1.29, 1.82) is 5.26 Å². The van der Waals surface area contributed by atoms with E-state index < -0.39 is 0 Å². The third-order valence-corrected chi connectivity index (χ3v) is 3.06. The van der Waals surface area contributed by atoms with Crippen LogP contribution in [0.3, 0.4) is 0 Å². The van der Waals surface area contributed by atoms with Crippen LogP contribution in [0.25, 0.3) is 0 Å². The summed E-state index contributed by atoms with van der Waals surface area (Å²) in [7, 11) is 2.03. The number of anilines is 1. The standard InChI is InChI=1S/C16H19N3O/c1-19-10-5-7-15(19)13-18-14-6-4-8-16(12-14)20-11-3-2-9-17/h4-8,10,12,18H,2-3,11,13H2,1H3. The van der Waals surface area contributed by atoms with Gasteiger partial charge < -0.3 is 14.6 Å². The molecule has 0 fully saturated rings. The van der Waals surface area contributed by atoms with Crippen LogP contribution < -0.4 is 10.1 Å². The van der Waals surface area contributed by atoms with Gasteiger partial charge in [-0.1, -0.05) is 6.07 Å². The molecule has 0 bridgehead atoms. The molecular formula is C16H19N3O. The van der Waals surface area contributed by atoms with E-state index in [0.29, 0.717) is 13.0 Å². The zero-order valence-electron chi connectivity index (χ0n) is 11.7. The maximum atomic E-state index is 8.47. The molecule has 0 spiro atoms. The quantitative estimate of drug-likeness (QED) is 0.784. The molecule has 0 saturated heterocycles. The van der Waals surface area contributed by atoms with Crippen molar-refractivity contribution in [3.8, 4) is 11.8 Å². The van der Waals surface area contributed by atoms with E-state index in [1.165, 1.54) is 5.69 Å².